The smallest absolute Gasteiger partial charge is 0.433 e. The predicted molar refractivity (Wildman–Crippen MR) is 68.7 cm³/mol. The average Bonchev–Trinajstić information content (AvgIpc) is 2.38. The largest absolute Gasteiger partial charge is 0.439 e. The van der Waals surface area contributed by atoms with Crippen molar-refractivity contribution in [3.8, 4) is 11.6 Å². The average molecular weight is 303 g/mol. The van der Waals surface area contributed by atoms with E-state index in [-0.39, 0.29) is 12.4 Å². The van der Waals surface area contributed by atoms with Crippen LogP contribution in [0.25, 0.3) is 0 Å². The van der Waals surface area contributed by atoms with Crippen molar-refractivity contribution in [2.75, 3.05) is 0 Å². The molecule has 0 atom stereocenters. The van der Waals surface area contributed by atoms with Gasteiger partial charge in [-0.2, -0.15) is 13.2 Å². The Morgan fingerprint density at radius 1 is 1.20 bits per heavy atom. The van der Waals surface area contributed by atoms with Gasteiger partial charge in [0.25, 0.3) is 0 Å². The summed E-state index contributed by atoms with van der Waals surface area (Å²) < 4.78 is 42.8. The van der Waals surface area contributed by atoms with Gasteiger partial charge in [-0.25, -0.2) is 4.98 Å². The summed E-state index contributed by atoms with van der Waals surface area (Å²) in [6.07, 6.45) is -4.51. The molecule has 0 aliphatic heterocycles. The maximum Gasteiger partial charge on any atom is 0.433 e. The lowest BCUT2D eigenvalue weighted by molar-refractivity contribution is -0.141. The molecule has 2 N–H and O–H groups in total. The number of nitrogens with two attached hydrogens (primary N) is 1. The molecule has 0 bridgehead atoms. The number of pyridine rings is 1. The molecule has 106 valence electrons. The van der Waals surface area contributed by atoms with E-state index >= 15 is 0 Å². The summed E-state index contributed by atoms with van der Waals surface area (Å²) in [5, 5.41) is 0.386. The van der Waals surface area contributed by atoms with Gasteiger partial charge in [-0.1, -0.05) is 23.7 Å². The fraction of sp³-hybridized carbons (Fsp3) is 0.154. The van der Waals surface area contributed by atoms with Gasteiger partial charge in [-0.3, -0.25) is 0 Å². The lowest BCUT2D eigenvalue weighted by Crippen LogP contribution is -2.08. The van der Waals surface area contributed by atoms with E-state index in [0.717, 1.165) is 11.6 Å². The Balaban J connectivity index is 2.24. The van der Waals surface area contributed by atoms with Crippen molar-refractivity contribution >= 4 is 11.6 Å². The molecule has 1 aromatic heterocycles. The normalized spacial score (nSPS) is 11.4. The number of benzene rings is 1. The molecule has 3 nitrogen and oxygen atoms in total. The van der Waals surface area contributed by atoms with Crippen LogP contribution in [0.4, 0.5) is 13.2 Å². The van der Waals surface area contributed by atoms with Crippen molar-refractivity contribution in [3.05, 3.63) is 52.7 Å². The van der Waals surface area contributed by atoms with Crippen LogP contribution in [-0.4, -0.2) is 4.98 Å². The third-order valence-corrected chi connectivity index (χ3v) is 2.83. The Hall–Kier alpha value is -1.79. The van der Waals surface area contributed by atoms with E-state index in [1.165, 1.54) is 18.2 Å². The Bertz CT molecular complexity index is 617. The van der Waals surface area contributed by atoms with Crippen molar-refractivity contribution in [3.63, 3.8) is 0 Å². The number of halogens is 4. The van der Waals surface area contributed by atoms with E-state index < -0.39 is 11.9 Å². The Labute approximate surface area is 118 Å². The monoisotopic (exact) mass is 302 g/mol. The molecule has 0 amide bonds. The minimum absolute atomic E-state index is 0.156. The van der Waals surface area contributed by atoms with Crippen LogP contribution in [0, 0.1) is 0 Å². The second-order valence-electron chi connectivity index (χ2n) is 3.92. The molecular weight excluding hydrogens is 293 g/mol. The van der Waals surface area contributed by atoms with Gasteiger partial charge in [0.1, 0.15) is 11.4 Å². The van der Waals surface area contributed by atoms with Gasteiger partial charge in [-0.05, 0) is 23.8 Å². The zero-order chi connectivity index (χ0) is 14.8. The molecule has 2 aromatic rings. The van der Waals surface area contributed by atoms with E-state index in [9.17, 15) is 13.2 Å². The molecule has 0 saturated carbocycles. The Morgan fingerprint density at radius 3 is 2.55 bits per heavy atom. The molecule has 2 rings (SSSR count). The molecule has 0 aliphatic rings. The van der Waals surface area contributed by atoms with E-state index in [1.807, 2.05) is 0 Å². The van der Waals surface area contributed by atoms with Crippen LogP contribution in [0.3, 0.4) is 0 Å². The molecular formula is C13H10ClF3N2O. The maximum absolute atomic E-state index is 12.5. The first kappa shape index (κ1) is 14.6. The highest BCUT2D eigenvalue weighted by Gasteiger charge is 2.32. The lowest BCUT2D eigenvalue weighted by atomic mass is 10.2. The van der Waals surface area contributed by atoms with Crippen molar-refractivity contribution < 1.29 is 17.9 Å². The van der Waals surface area contributed by atoms with Crippen molar-refractivity contribution in [1.29, 1.82) is 0 Å². The molecule has 1 aromatic carbocycles. The van der Waals surface area contributed by atoms with Crippen molar-refractivity contribution in [2.24, 2.45) is 5.73 Å². The molecule has 20 heavy (non-hydrogen) atoms. The number of aromatic nitrogens is 1. The number of alkyl halides is 3. The second kappa shape index (κ2) is 5.68. The lowest BCUT2D eigenvalue weighted by Gasteiger charge is -2.09. The van der Waals surface area contributed by atoms with Crippen LogP contribution >= 0.6 is 11.6 Å². The summed E-state index contributed by atoms with van der Waals surface area (Å²) in [6.45, 7) is 0.265. The van der Waals surface area contributed by atoms with Crippen LogP contribution in [0.2, 0.25) is 5.02 Å². The third kappa shape index (κ3) is 3.40. The van der Waals surface area contributed by atoms with Crippen LogP contribution in [0.5, 0.6) is 11.6 Å². The van der Waals surface area contributed by atoms with Crippen LogP contribution in [-0.2, 0) is 12.7 Å². The van der Waals surface area contributed by atoms with Crippen LogP contribution in [0.15, 0.2) is 36.4 Å². The molecule has 7 heteroatoms. The first-order valence-electron chi connectivity index (χ1n) is 5.61. The number of ether oxygens (including phenoxy) is 1. The van der Waals surface area contributed by atoms with Gasteiger partial charge in [0.15, 0.2) is 0 Å². The summed E-state index contributed by atoms with van der Waals surface area (Å²) in [6, 6.07) is 8.12. The zero-order valence-corrected chi connectivity index (χ0v) is 10.9. The molecule has 0 radical (unpaired) electrons. The van der Waals surface area contributed by atoms with Gasteiger partial charge < -0.3 is 10.5 Å². The predicted octanol–water partition coefficient (Wildman–Crippen LogP) is 4.00. The molecule has 0 fully saturated rings. The fourth-order valence-corrected chi connectivity index (χ4v) is 1.76. The molecule has 0 spiro atoms. The summed E-state index contributed by atoms with van der Waals surface area (Å²) in [4.78, 5) is 3.40. The van der Waals surface area contributed by atoms with E-state index in [0.29, 0.717) is 10.8 Å². The topological polar surface area (TPSA) is 48.1 Å². The Kier molecular flexibility index (Phi) is 4.15. The quantitative estimate of drug-likeness (QED) is 0.932. The van der Waals surface area contributed by atoms with E-state index in [2.05, 4.69) is 4.98 Å². The molecule has 0 unspecified atom stereocenters. The minimum atomic E-state index is -4.51. The van der Waals surface area contributed by atoms with E-state index in [1.54, 1.807) is 12.1 Å². The summed E-state index contributed by atoms with van der Waals surface area (Å²) in [5.41, 5.74) is 5.16. The highest BCUT2D eigenvalue weighted by atomic mass is 35.5. The van der Waals surface area contributed by atoms with Crippen LogP contribution in [0.1, 0.15) is 11.3 Å². The fourth-order valence-electron chi connectivity index (χ4n) is 1.51. The highest BCUT2D eigenvalue weighted by molar-refractivity contribution is 6.31. The second-order valence-corrected chi connectivity index (χ2v) is 4.33. The van der Waals surface area contributed by atoms with Crippen LogP contribution < -0.4 is 10.5 Å². The first-order chi connectivity index (χ1) is 9.40. The van der Waals surface area contributed by atoms with Gasteiger partial charge in [0.05, 0.1) is 0 Å². The van der Waals surface area contributed by atoms with Gasteiger partial charge >= 0.3 is 6.18 Å². The number of nitrogens with zero attached hydrogens (tertiary/aromatic N) is 1. The highest BCUT2D eigenvalue weighted by Crippen LogP contribution is 2.30. The third-order valence-electron chi connectivity index (χ3n) is 2.48. The number of rotatable bonds is 3. The first-order valence-corrected chi connectivity index (χ1v) is 5.98. The summed E-state index contributed by atoms with van der Waals surface area (Å²) >= 11 is 5.94. The van der Waals surface area contributed by atoms with E-state index in [4.69, 9.17) is 22.1 Å². The van der Waals surface area contributed by atoms with Gasteiger partial charge in [0.2, 0.25) is 5.88 Å². The Morgan fingerprint density at radius 2 is 1.95 bits per heavy atom. The standard InChI is InChI=1S/C13H10ClF3N2O/c14-10-6-9(5-4-8(10)7-18)20-12-3-1-2-11(19-12)13(15,16)17/h1-6H,7,18H2. The van der Waals surface area contributed by atoms with Crippen molar-refractivity contribution in [1.82, 2.24) is 4.98 Å². The van der Waals surface area contributed by atoms with Gasteiger partial charge in [0, 0.05) is 17.6 Å². The summed E-state index contributed by atoms with van der Waals surface area (Å²) in [5.74, 6) is 0.135. The van der Waals surface area contributed by atoms with Gasteiger partial charge in [-0.15, -0.1) is 0 Å². The minimum Gasteiger partial charge on any atom is -0.439 e. The maximum atomic E-state index is 12.5. The molecule has 0 aliphatic carbocycles. The summed E-state index contributed by atoms with van der Waals surface area (Å²) in [7, 11) is 0. The number of hydrogen-bond donors (Lipinski definition) is 1. The SMILES string of the molecule is NCc1ccc(Oc2cccc(C(F)(F)F)n2)cc1Cl. The molecule has 0 saturated heterocycles. The number of hydrogen-bond acceptors (Lipinski definition) is 3. The van der Waals surface area contributed by atoms with Crippen molar-refractivity contribution in [2.45, 2.75) is 12.7 Å². The zero-order valence-electron chi connectivity index (χ0n) is 10.1. The molecule has 1 heterocycles.